The fraction of sp³-hybridized carbons (Fsp3) is 0. The van der Waals surface area contributed by atoms with Gasteiger partial charge in [-0.2, -0.15) is 0 Å². The van der Waals surface area contributed by atoms with Crippen LogP contribution < -0.4 is 29.2 Å². The second-order valence-electron chi connectivity index (χ2n) is 16.9. The van der Waals surface area contributed by atoms with Crippen LogP contribution in [0.2, 0.25) is 0 Å². The molecule has 12 aromatic rings. The summed E-state index contributed by atoms with van der Waals surface area (Å²) in [5.74, 6) is 1.85. The maximum absolute atomic E-state index is 6.27. The van der Waals surface area contributed by atoms with Crippen molar-refractivity contribution in [2.24, 2.45) is 0 Å². The highest BCUT2D eigenvalue weighted by molar-refractivity contribution is 7.38. The van der Waals surface area contributed by atoms with E-state index >= 15 is 0 Å². The van der Waals surface area contributed by atoms with Crippen molar-refractivity contribution < 1.29 is 8.83 Å². The zero-order chi connectivity index (χ0) is 43.7. The van der Waals surface area contributed by atoms with E-state index in [0.717, 1.165) is 78.0 Å². The van der Waals surface area contributed by atoms with Crippen LogP contribution in [0.4, 0.5) is 11.6 Å². The molecule has 0 atom stereocenters. The highest BCUT2D eigenvalue weighted by atomic mass is 28.5. The van der Waals surface area contributed by atoms with E-state index in [1.807, 2.05) is 24.3 Å². The minimum absolute atomic E-state index is 0.862. The number of anilines is 2. The Labute approximate surface area is 383 Å². The largest absolute Gasteiger partial charge is 0.456 e. The molecule has 4 aromatic heterocycles. The summed E-state index contributed by atoms with van der Waals surface area (Å²) < 4.78 is 18.2. The minimum Gasteiger partial charge on any atom is -0.456 e. The molecule has 0 radical (unpaired) electrons. The Balaban J connectivity index is 1.10. The van der Waals surface area contributed by atoms with Crippen molar-refractivity contribution in [3.8, 4) is 22.5 Å². The van der Waals surface area contributed by atoms with Gasteiger partial charge >= 0.3 is 16.8 Å². The van der Waals surface area contributed by atoms with Gasteiger partial charge in [-0.25, -0.2) is 9.97 Å². The molecule has 1 fully saturated rings. The molecule has 0 amide bonds. The molecule has 0 unspecified atom stereocenters. The van der Waals surface area contributed by atoms with E-state index in [1.165, 1.54) is 20.7 Å². The van der Waals surface area contributed by atoms with Crippen LogP contribution in [-0.2, 0) is 0 Å². The van der Waals surface area contributed by atoms with Gasteiger partial charge in [0.1, 0.15) is 34.0 Å². The molecule has 5 heterocycles. The Morgan fingerprint density at radius 2 is 0.621 bits per heavy atom. The van der Waals surface area contributed by atoms with E-state index in [0.29, 0.717) is 0 Å². The summed E-state index contributed by atoms with van der Waals surface area (Å²) in [5.41, 5.74) is 7.34. The van der Waals surface area contributed by atoms with Crippen LogP contribution in [0.3, 0.4) is 0 Å². The van der Waals surface area contributed by atoms with Crippen molar-refractivity contribution in [3.63, 3.8) is 0 Å². The van der Waals surface area contributed by atoms with Gasteiger partial charge < -0.3 is 17.3 Å². The van der Waals surface area contributed by atoms with Gasteiger partial charge in [0, 0.05) is 32.7 Å². The Morgan fingerprint density at radius 3 is 1.00 bits per heavy atom. The van der Waals surface area contributed by atoms with Gasteiger partial charge in [0.15, 0.2) is 0 Å². The van der Waals surface area contributed by atoms with Crippen molar-refractivity contribution in [3.05, 3.63) is 243 Å². The third-order valence-electron chi connectivity index (χ3n) is 13.3. The summed E-state index contributed by atoms with van der Waals surface area (Å²) in [6, 6.07) is 86.9. The van der Waals surface area contributed by atoms with Crippen molar-refractivity contribution >= 4 is 93.1 Å². The molecule has 312 valence electrons. The first-order valence-corrected chi connectivity index (χ1v) is 26.1. The second kappa shape index (κ2) is 15.2. The third kappa shape index (κ3) is 5.65. The monoisotopic (exact) mass is 880 g/mol. The molecule has 0 bridgehead atoms. The summed E-state index contributed by atoms with van der Waals surface area (Å²) >= 11 is 0. The minimum atomic E-state index is -3.35. The molecule has 8 heteroatoms. The maximum atomic E-state index is 6.27. The molecule has 1 saturated heterocycles. The van der Waals surface area contributed by atoms with Gasteiger partial charge in [-0.15, -0.1) is 0 Å². The number of furan rings is 2. The van der Waals surface area contributed by atoms with Crippen LogP contribution in [0.25, 0.3) is 66.4 Å². The summed E-state index contributed by atoms with van der Waals surface area (Å²) in [6.07, 6.45) is 0. The first-order valence-electron chi connectivity index (χ1n) is 22.3. The summed E-state index contributed by atoms with van der Waals surface area (Å²) in [5, 5.41) is 9.29. The topological polar surface area (TPSA) is 58.5 Å². The Bertz CT molecular complexity index is 3410. The Hall–Kier alpha value is -8.31. The zero-order valence-corrected chi connectivity index (χ0v) is 37.7. The van der Waals surface area contributed by atoms with Crippen LogP contribution >= 0.6 is 0 Å². The maximum Gasteiger partial charge on any atom is 0.320 e. The van der Waals surface area contributed by atoms with Crippen LogP contribution in [-0.4, -0.2) is 26.8 Å². The standard InChI is InChI=1S/C58H40N4O2Si2/c1-5-19-43(20-6-1)65(44-21-7-2-8-22-44)61(57-33-17-29-51(59-57)41-35-37-55-49(39-41)47-27-13-15-31-53(47)63-55)66(45-23-9-3-10-24-45,46-25-11-4-12-26-46)62(65)58-34-18-30-52(60-58)42-36-38-56-50(40-42)48-28-14-16-32-54(48)64-56/h1-40H. The molecule has 8 aromatic carbocycles. The van der Waals surface area contributed by atoms with E-state index in [2.05, 4.69) is 227 Å². The average molecular weight is 881 g/mol. The van der Waals surface area contributed by atoms with Crippen LogP contribution in [0.5, 0.6) is 0 Å². The van der Waals surface area contributed by atoms with Crippen molar-refractivity contribution in [2.45, 2.75) is 0 Å². The molecule has 1 aliphatic rings. The Morgan fingerprint density at radius 1 is 0.288 bits per heavy atom. The fourth-order valence-corrected chi connectivity index (χ4v) is 25.5. The van der Waals surface area contributed by atoms with Crippen LogP contribution in [0, 0.1) is 0 Å². The van der Waals surface area contributed by atoms with E-state index in [-0.39, 0.29) is 0 Å². The highest BCUT2D eigenvalue weighted by Crippen LogP contribution is 2.45. The van der Waals surface area contributed by atoms with Gasteiger partial charge in [0.25, 0.3) is 0 Å². The molecule has 1 aliphatic heterocycles. The first-order chi connectivity index (χ1) is 32.7. The molecule has 66 heavy (non-hydrogen) atoms. The lowest BCUT2D eigenvalue weighted by Crippen LogP contribution is -3.07. The van der Waals surface area contributed by atoms with Crippen molar-refractivity contribution in [1.29, 1.82) is 0 Å². The molecule has 0 saturated carbocycles. The van der Waals surface area contributed by atoms with Crippen LogP contribution in [0.15, 0.2) is 251 Å². The molecule has 6 nitrogen and oxygen atoms in total. The predicted molar refractivity (Wildman–Crippen MR) is 275 cm³/mol. The number of rotatable bonds is 8. The van der Waals surface area contributed by atoms with E-state index < -0.39 is 16.8 Å². The lowest BCUT2D eigenvalue weighted by molar-refractivity contribution is 0.668. The van der Waals surface area contributed by atoms with Crippen molar-refractivity contribution in [2.75, 3.05) is 8.46 Å². The number of nitrogens with zero attached hydrogens (tertiary/aromatic N) is 4. The quantitative estimate of drug-likeness (QED) is 0.142. The smallest absolute Gasteiger partial charge is 0.320 e. The van der Waals surface area contributed by atoms with Gasteiger partial charge in [0.2, 0.25) is 0 Å². The van der Waals surface area contributed by atoms with Gasteiger partial charge in [-0.1, -0.05) is 170 Å². The zero-order valence-electron chi connectivity index (χ0n) is 35.7. The summed E-state index contributed by atoms with van der Waals surface area (Å²) in [7, 11) is -6.70. The summed E-state index contributed by atoms with van der Waals surface area (Å²) in [6.45, 7) is 0. The fourth-order valence-electron chi connectivity index (χ4n) is 10.5. The molecule has 0 N–H and O–H groups in total. The molecule has 13 rings (SSSR count). The van der Waals surface area contributed by atoms with Gasteiger partial charge in [0.05, 0.1) is 11.4 Å². The number of hydrogen-bond acceptors (Lipinski definition) is 6. The van der Waals surface area contributed by atoms with Crippen molar-refractivity contribution in [1.82, 2.24) is 9.97 Å². The number of fused-ring (bicyclic) bond motifs is 6. The van der Waals surface area contributed by atoms with E-state index in [4.69, 9.17) is 18.8 Å². The SMILES string of the molecule is c1ccc([Si]2(c3ccccc3)N(c3cccc(-c4ccc5oc6ccccc6c5c4)n3)[Si](c3ccccc3)(c3ccccc3)N2c2cccc(-c3ccc4oc5ccccc5c4c3)n2)cc1. The van der Waals surface area contributed by atoms with Crippen LogP contribution in [0.1, 0.15) is 0 Å². The average Bonchev–Trinajstić information content (AvgIpc) is 3.96. The van der Waals surface area contributed by atoms with Gasteiger partial charge in [-0.05, 0) is 93.5 Å². The molecular weight excluding hydrogens is 841 g/mol. The first kappa shape index (κ1) is 38.2. The highest BCUT2D eigenvalue weighted by Gasteiger charge is 2.75. The number of para-hydroxylation sites is 2. The number of aromatic nitrogens is 2. The Kier molecular flexibility index (Phi) is 8.77. The van der Waals surface area contributed by atoms with Gasteiger partial charge in [-0.3, -0.25) is 0 Å². The third-order valence-corrected chi connectivity index (χ3v) is 25.2. The summed E-state index contributed by atoms with van der Waals surface area (Å²) in [4.78, 5) is 11.6. The number of pyridine rings is 2. The van der Waals surface area contributed by atoms with E-state index in [9.17, 15) is 0 Å². The number of hydrogen-bond donors (Lipinski definition) is 0. The second-order valence-corrected chi connectivity index (χ2v) is 24.5. The lowest BCUT2D eigenvalue weighted by Gasteiger charge is -2.71. The number of benzene rings is 8. The van der Waals surface area contributed by atoms with E-state index in [1.54, 1.807) is 0 Å². The molecule has 0 spiro atoms. The molecule has 0 aliphatic carbocycles. The predicted octanol–water partition coefficient (Wildman–Crippen LogP) is 11.4. The lowest BCUT2D eigenvalue weighted by atomic mass is 10.1. The normalized spacial score (nSPS) is 14.2. The molecular formula is C58H40N4O2Si2.